The molecule has 0 aromatic carbocycles. The molecule has 1 saturated heterocycles. The summed E-state index contributed by atoms with van der Waals surface area (Å²) in [6.45, 7) is 8.56. The Hall–Kier alpha value is -0.120. The van der Waals surface area contributed by atoms with E-state index < -0.39 is 11.4 Å². The van der Waals surface area contributed by atoms with Gasteiger partial charge in [0.1, 0.15) is 0 Å². The smallest absolute Gasteiger partial charge is 0.163 e. The highest BCUT2D eigenvalue weighted by Gasteiger charge is 2.34. The third-order valence-electron chi connectivity index (χ3n) is 3.32. The molecule has 0 unspecified atom stereocenters. The number of rotatable bonds is 5. The Kier molecular flexibility index (Phi) is 4.15. The van der Waals surface area contributed by atoms with Crippen molar-refractivity contribution in [3.63, 3.8) is 0 Å². The van der Waals surface area contributed by atoms with Gasteiger partial charge in [-0.1, -0.05) is 13.8 Å². The van der Waals surface area contributed by atoms with E-state index in [4.69, 9.17) is 9.47 Å². The van der Waals surface area contributed by atoms with Gasteiger partial charge in [-0.15, -0.1) is 0 Å². The highest BCUT2D eigenvalue weighted by Crippen LogP contribution is 2.28. The molecule has 0 radical (unpaired) electrons. The largest absolute Gasteiger partial charge is 0.390 e. The van der Waals surface area contributed by atoms with Crippen molar-refractivity contribution >= 4 is 0 Å². The minimum atomic E-state index is -0.518. The molecular formula is C12H24O3. The van der Waals surface area contributed by atoms with Crippen LogP contribution in [0.1, 0.15) is 53.4 Å². The molecule has 1 N–H and O–H groups in total. The molecule has 90 valence electrons. The standard InChI is InChI=1S/C12H24O3/c1-5-12(13,6-2)8-7-10-9-14-11(3,4)15-10/h10,13H,5-9H2,1-4H3/t10-/m0/s1. The van der Waals surface area contributed by atoms with Crippen molar-refractivity contribution in [2.24, 2.45) is 0 Å². The van der Waals surface area contributed by atoms with Gasteiger partial charge in [0.05, 0.1) is 18.3 Å². The van der Waals surface area contributed by atoms with Gasteiger partial charge < -0.3 is 14.6 Å². The second-order valence-corrected chi connectivity index (χ2v) is 4.92. The fourth-order valence-corrected chi connectivity index (χ4v) is 1.94. The molecule has 1 heterocycles. The fraction of sp³-hybridized carbons (Fsp3) is 1.00. The molecule has 0 aromatic rings. The molecule has 3 heteroatoms. The molecule has 0 amide bonds. The number of hydrogen-bond acceptors (Lipinski definition) is 3. The lowest BCUT2D eigenvalue weighted by atomic mass is 9.91. The molecular weight excluding hydrogens is 192 g/mol. The van der Waals surface area contributed by atoms with Gasteiger partial charge >= 0.3 is 0 Å². The third kappa shape index (κ3) is 3.74. The molecule has 1 aliphatic rings. The molecule has 0 saturated carbocycles. The lowest BCUT2D eigenvalue weighted by Gasteiger charge is -2.26. The summed E-state index contributed by atoms with van der Waals surface area (Å²) >= 11 is 0. The van der Waals surface area contributed by atoms with Crippen molar-refractivity contribution in [1.82, 2.24) is 0 Å². The van der Waals surface area contributed by atoms with Crippen LogP contribution in [-0.2, 0) is 9.47 Å². The summed E-state index contributed by atoms with van der Waals surface area (Å²) in [6.07, 6.45) is 3.43. The van der Waals surface area contributed by atoms with Gasteiger partial charge in [0.15, 0.2) is 5.79 Å². The summed E-state index contributed by atoms with van der Waals surface area (Å²) in [6, 6.07) is 0. The van der Waals surface area contributed by atoms with E-state index >= 15 is 0 Å². The normalized spacial score (nSPS) is 25.8. The molecule has 15 heavy (non-hydrogen) atoms. The predicted molar refractivity (Wildman–Crippen MR) is 59.7 cm³/mol. The van der Waals surface area contributed by atoms with Gasteiger partial charge in [0.2, 0.25) is 0 Å². The van der Waals surface area contributed by atoms with E-state index in [9.17, 15) is 5.11 Å². The predicted octanol–water partition coefficient (Wildman–Crippen LogP) is 2.47. The first-order chi connectivity index (χ1) is 6.91. The van der Waals surface area contributed by atoms with Crippen LogP contribution in [0.5, 0.6) is 0 Å². The Bertz CT molecular complexity index is 197. The van der Waals surface area contributed by atoms with Crippen molar-refractivity contribution in [3.05, 3.63) is 0 Å². The summed E-state index contributed by atoms with van der Waals surface area (Å²) in [7, 11) is 0. The van der Waals surface area contributed by atoms with Crippen LogP contribution >= 0.6 is 0 Å². The van der Waals surface area contributed by atoms with Gasteiger partial charge in [-0.2, -0.15) is 0 Å². The minimum absolute atomic E-state index is 0.143. The maximum Gasteiger partial charge on any atom is 0.163 e. The lowest BCUT2D eigenvalue weighted by Crippen LogP contribution is -2.29. The molecule has 3 nitrogen and oxygen atoms in total. The van der Waals surface area contributed by atoms with E-state index in [2.05, 4.69) is 0 Å². The van der Waals surface area contributed by atoms with Crippen molar-refractivity contribution < 1.29 is 14.6 Å². The van der Waals surface area contributed by atoms with Crippen molar-refractivity contribution in [1.29, 1.82) is 0 Å². The first-order valence-electron chi connectivity index (χ1n) is 5.95. The van der Waals surface area contributed by atoms with Crippen LogP contribution in [0.4, 0.5) is 0 Å². The summed E-state index contributed by atoms with van der Waals surface area (Å²) in [5, 5.41) is 10.1. The van der Waals surface area contributed by atoms with E-state index in [1.54, 1.807) is 0 Å². The van der Waals surface area contributed by atoms with Gasteiger partial charge in [-0.05, 0) is 39.5 Å². The zero-order valence-corrected chi connectivity index (χ0v) is 10.4. The molecule has 0 aliphatic carbocycles. The van der Waals surface area contributed by atoms with Gasteiger partial charge in [-0.3, -0.25) is 0 Å². The van der Waals surface area contributed by atoms with Crippen molar-refractivity contribution in [2.75, 3.05) is 6.61 Å². The van der Waals surface area contributed by atoms with Crippen LogP contribution < -0.4 is 0 Å². The summed E-state index contributed by atoms with van der Waals surface area (Å²) < 4.78 is 11.2. The van der Waals surface area contributed by atoms with Crippen molar-refractivity contribution in [2.45, 2.75) is 70.9 Å². The number of ether oxygens (including phenoxy) is 2. The van der Waals surface area contributed by atoms with Crippen LogP contribution in [0.2, 0.25) is 0 Å². The molecule has 0 aromatic heterocycles. The molecule has 1 atom stereocenters. The fourth-order valence-electron chi connectivity index (χ4n) is 1.94. The average molecular weight is 216 g/mol. The van der Waals surface area contributed by atoms with Gasteiger partial charge in [0.25, 0.3) is 0 Å². The van der Waals surface area contributed by atoms with Crippen LogP contribution in [0, 0.1) is 0 Å². The second-order valence-electron chi connectivity index (χ2n) is 4.92. The van der Waals surface area contributed by atoms with E-state index in [0.717, 1.165) is 25.7 Å². The molecule has 1 fully saturated rings. The van der Waals surface area contributed by atoms with E-state index in [1.807, 2.05) is 27.7 Å². The molecule has 1 aliphatic heterocycles. The second kappa shape index (κ2) is 4.81. The Morgan fingerprint density at radius 1 is 1.33 bits per heavy atom. The van der Waals surface area contributed by atoms with Gasteiger partial charge in [0, 0.05) is 0 Å². The van der Waals surface area contributed by atoms with Crippen LogP contribution in [0.15, 0.2) is 0 Å². The molecule has 0 spiro atoms. The zero-order chi connectivity index (χ0) is 11.5. The number of hydrogen-bond donors (Lipinski definition) is 1. The topological polar surface area (TPSA) is 38.7 Å². The Labute approximate surface area is 92.8 Å². The van der Waals surface area contributed by atoms with Crippen LogP contribution in [0.25, 0.3) is 0 Å². The summed E-state index contributed by atoms with van der Waals surface area (Å²) in [5.74, 6) is -0.443. The van der Waals surface area contributed by atoms with Gasteiger partial charge in [-0.25, -0.2) is 0 Å². The minimum Gasteiger partial charge on any atom is -0.390 e. The zero-order valence-electron chi connectivity index (χ0n) is 10.4. The first-order valence-corrected chi connectivity index (χ1v) is 5.95. The lowest BCUT2D eigenvalue weighted by molar-refractivity contribution is -0.140. The first kappa shape index (κ1) is 12.9. The number of aliphatic hydroxyl groups is 1. The molecule has 0 bridgehead atoms. The van der Waals surface area contributed by atoms with Crippen LogP contribution in [0.3, 0.4) is 0 Å². The molecule has 1 rings (SSSR count). The Balaban J connectivity index is 2.32. The van der Waals surface area contributed by atoms with E-state index in [0.29, 0.717) is 6.61 Å². The van der Waals surface area contributed by atoms with E-state index in [1.165, 1.54) is 0 Å². The maximum absolute atomic E-state index is 10.1. The SMILES string of the molecule is CCC(O)(CC)CC[C@H]1COC(C)(C)O1. The summed E-state index contributed by atoms with van der Waals surface area (Å²) in [4.78, 5) is 0. The highest BCUT2D eigenvalue weighted by atomic mass is 16.7. The average Bonchev–Trinajstić information content (AvgIpc) is 2.55. The van der Waals surface area contributed by atoms with Crippen LogP contribution in [-0.4, -0.2) is 29.2 Å². The monoisotopic (exact) mass is 216 g/mol. The van der Waals surface area contributed by atoms with E-state index in [-0.39, 0.29) is 6.10 Å². The Morgan fingerprint density at radius 3 is 2.33 bits per heavy atom. The van der Waals surface area contributed by atoms with Crippen molar-refractivity contribution in [3.8, 4) is 0 Å². The third-order valence-corrected chi connectivity index (χ3v) is 3.32. The Morgan fingerprint density at radius 2 is 1.93 bits per heavy atom. The maximum atomic E-state index is 10.1. The quantitative estimate of drug-likeness (QED) is 0.767. The highest BCUT2D eigenvalue weighted by molar-refractivity contribution is 4.79. The summed E-state index contributed by atoms with van der Waals surface area (Å²) in [5.41, 5.74) is -0.518.